The molecule has 0 spiro atoms. The minimum Gasteiger partial charge on any atom is -0.489 e. The van der Waals surface area contributed by atoms with Gasteiger partial charge in [0, 0.05) is 11.3 Å². The van der Waals surface area contributed by atoms with Gasteiger partial charge >= 0.3 is 5.97 Å². The van der Waals surface area contributed by atoms with Gasteiger partial charge in [0.25, 0.3) is 5.91 Å². The number of carboxylic acid groups (broad SMARTS) is 1. The molecule has 3 aromatic rings. The molecule has 6 nitrogen and oxygen atoms in total. The summed E-state index contributed by atoms with van der Waals surface area (Å²) in [6, 6.07) is 21.3. The van der Waals surface area contributed by atoms with Crippen LogP contribution in [0.2, 0.25) is 0 Å². The summed E-state index contributed by atoms with van der Waals surface area (Å²) in [4.78, 5) is 23.8. The Kier molecular flexibility index (Phi) is 6.77. The first-order chi connectivity index (χ1) is 14.4. The molecule has 30 heavy (non-hydrogen) atoms. The standard InChI is InChI=1S/C23H20N2O4S/c1-15-19(22(27)28)11-6-12-20(15)24-23(30)25-21(26)17-8-5-7-16(13-17)14-29-18-9-3-2-4-10-18/h2-13H,14H2,1H3,(H,27,28)(H2,24,25,26,30). The molecule has 0 aliphatic rings. The van der Waals surface area contributed by atoms with E-state index in [1.54, 1.807) is 37.3 Å². The van der Waals surface area contributed by atoms with Gasteiger partial charge in [-0.05, 0) is 66.7 Å². The lowest BCUT2D eigenvalue weighted by Crippen LogP contribution is -2.34. The van der Waals surface area contributed by atoms with E-state index in [2.05, 4.69) is 10.6 Å². The van der Waals surface area contributed by atoms with Crippen molar-refractivity contribution in [2.45, 2.75) is 13.5 Å². The van der Waals surface area contributed by atoms with E-state index in [9.17, 15) is 14.7 Å². The Labute approximate surface area is 179 Å². The minimum absolute atomic E-state index is 0.0802. The van der Waals surface area contributed by atoms with Gasteiger partial charge < -0.3 is 15.2 Å². The Morgan fingerprint density at radius 1 is 1.00 bits per heavy atom. The van der Waals surface area contributed by atoms with Gasteiger partial charge in [-0.15, -0.1) is 0 Å². The normalized spacial score (nSPS) is 10.2. The molecule has 7 heteroatoms. The molecule has 0 saturated heterocycles. The second kappa shape index (κ2) is 9.67. The van der Waals surface area contributed by atoms with Crippen LogP contribution in [0.3, 0.4) is 0 Å². The van der Waals surface area contributed by atoms with E-state index in [1.807, 2.05) is 36.4 Å². The maximum absolute atomic E-state index is 12.6. The van der Waals surface area contributed by atoms with Crippen molar-refractivity contribution in [1.82, 2.24) is 5.32 Å². The fourth-order valence-electron chi connectivity index (χ4n) is 2.82. The quantitative estimate of drug-likeness (QED) is 0.513. The van der Waals surface area contributed by atoms with E-state index < -0.39 is 5.97 Å². The van der Waals surface area contributed by atoms with Crippen molar-refractivity contribution in [2.24, 2.45) is 0 Å². The number of amides is 1. The van der Waals surface area contributed by atoms with Crippen LogP contribution in [-0.4, -0.2) is 22.1 Å². The Morgan fingerprint density at radius 3 is 2.47 bits per heavy atom. The molecular weight excluding hydrogens is 400 g/mol. The topological polar surface area (TPSA) is 87.7 Å². The molecule has 0 aromatic heterocycles. The van der Waals surface area contributed by atoms with Crippen molar-refractivity contribution in [3.05, 3.63) is 95.1 Å². The fourth-order valence-corrected chi connectivity index (χ4v) is 3.02. The first-order valence-corrected chi connectivity index (χ1v) is 9.57. The van der Waals surface area contributed by atoms with Crippen molar-refractivity contribution in [3.8, 4) is 5.75 Å². The summed E-state index contributed by atoms with van der Waals surface area (Å²) in [6.45, 7) is 2.00. The average molecular weight is 420 g/mol. The number of para-hydroxylation sites is 1. The molecule has 0 unspecified atom stereocenters. The van der Waals surface area contributed by atoms with Gasteiger partial charge in [0.05, 0.1) is 5.56 Å². The monoisotopic (exact) mass is 420 g/mol. The number of rotatable bonds is 6. The summed E-state index contributed by atoms with van der Waals surface area (Å²) >= 11 is 5.21. The first kappa shape index (κ1) is 21.0. The molecule has 0 aliphatic heterocycles. The lowest BCUT2D eigenvalue weighted by molar-refractivity contribution is 0.0696. The molecule has 0 fully saturated rings. The Balaban J connectivity index is 1.62. The van der Waals surface area contributed by atoms with Crippen molar-refractivity contribution in [3.63, 3.8) is 0 Å². The van der Waals surface area contributed by atoms with Crippen LogP contribution in [0.4, 0.5) is 5.69 Å². The maximum atomic E-state index is 12.6. The van der Waals surface area contributed by atoms with Crippen LogP contribution in [0.5, 0.6) is 5.75 Å². The van der Waals surface area contributed by atoms with E-state index in [0.29, 0.717) is 23.4 Å². The highest BCUT2D eigenvalue weighted by Crippen LogP contribution is 2.19. The molecule has 0 heterocycles. The van der Waals surface area contributed by atoms with Crippen molar-refractivity contribution < 1.29 is 19.4 Å². The van der Waals surface area contributed by atoms with Crippen LogP contribution in [0.1, 0.15) is 31.8 Å². The number of benzene rings is 3. The van der Waals surface area contributed by atoms with E-state index in [1.165, 1.54) is 6.07 Å². The van der Waals surface area contributed by atoms with E-state index in [-0.39, 0.29) is 16.6 Å². The third-order valence-corrected chi connectivity index (χ3v) is 4.58. The zero-order valence-corrected chi connectivity index (χ0v) is 17.0. The summed E-state index contributed by atoms with van der Waals surface area (Å²) in [5.41, 5.74) is 2.49. The van der Waals surface area contributed by atoms with E-state index >= 15 is 0 Å². The first-order valence-electron chi connectivity index (χ1n) is 9.16. The summed E-state index contributed by atoms with van der Waals surface area (Å²) in [7, 11) is 0. The average Bonchev–Trinajstić information content (AvgIpc) is 2.74. The lowest BCUT2D eigenvalue weighted by atomic mass is 10.1. The number of ether oxygens (including phenoxy) is 1. The molecule has 1 amide bonds. The number of nitrogens with one attached hydrogen (secondary N) is 2. The smallest absolute Gasteiger partial charge is 0.336 e. The van der Waals surface area contributed by atoms with Gasteiger partial charge in [-0.2, -0.15) is 0 Å². The van der Waals surface area contributed by atoms with Crippen LogP contribution in [0.25, 0.3) is 0 Å². The number of carbonyl (C=O) groups is 2. The minimum atomic E-state index is -1.03. The van der Waals surface area contributed by atoms with Crippen LogP contribution in [-0.2, 0) is 6.61 Å². The second-order valence-corrected chi connectivity index (χ2v) is 6.90. The molecule has 0 bridgehead atoms. The molecule has 3 N–H and O–H groups in total. The zero-order chi connectivity index (χ0) is 21.5. The summed E-state index contributed by atoms with van der Waals surface area (Å²) in [5, 5.41) is 14.8. The van der Waals surface area contributed by atoms with Gasteiger partial charge in [-0.1, -0.05) is 36.4 Å². The van der Waals surface area contributed by atoms with Crippen molar-refractivity contribution in [1.29, 1.82) is 0 Å². The number of thiocarbonyl (C=S) groups is 1. The number of aromatic carboxylic acids is 1. The molecule has 152 valence electrons. The van der Waals surface area contributed by atoms with Crippen molar-refractivity contribution in [2.75, 3.05) is 5.32 Å². The maximum Gasteiger partial charge on any atom is 0.336 e. The van der Waals surface area contributed by atoms with Gasteiger partial charge in [-0.25, -0.2) is 4.79 Å². The fraction of sp³-hybridized carbons (Fsp3) is 0.0870. The van der Waals surface area contributed by atoms with Gasteiger partial charge in [0.1, 0.15) is 12.4 Å². The van der Waals surface area contributed by atoms with Crippen LogP contribution >= 0.6 is 12.2 Å². The largest absolute Gasteiger partial charge is 0.489 e. The highest BCUT2D eigenvalue weighted by Gasteiger charge is 2.13. The molecular formula is C23H20N2O4S. The molecule has 3 aromatic carbocycles. The number of carboxylic acids is 1. The predicted molar refractivity (Wildman–Crippen MR) is 119 cm³/mol. The van der Waals surface area contributed by atoms with Crippen LogP contribution in [0, 0.1) is 6.92 Å². The van der Waals surface area contributed by atoms with Gasteiger partial charge in [-0.3, -0.25) is 10.1 Å². The van der Waals surface area contributed by atoms with Crippen molar-refractivity contribution >= 4 is 34.9 Å². The summed E-state index contributed by atoms with van der Waals surface area (Å²) in [5.74, 6) is -0.654. The Morgan fingerprint density at radius 2 is 1.73 bits per heavy atom. The van der Waals surface area contributed by atoms with E-state index in [0.717, 1.165) is 11.3 Å². The molecule has 0 saturated carbocycles. The highest BCUT2D eigenvalue weighted by atomic mass is 32.1. The number of carbonyl (C=O) groups excluding carboxylic acids is 1. The third kappa shape index (κ3) is 5.42. The molecule has 0 atom stereocenters. The second-order valence-electron chi connectivity index (χ2n) is 6.49. The van der Waals surface area contributed by atoms with Crippen LogP contribution < -0.4 is 15.4 Å². The molecule has 3 rings (SSSR count). The lowest BCUT2D eigenvalue weighted by Gasteiger charge is -2.13. The number of hydrogen-bond donors (Lipinski definition) is 3. The SMILES string of the molecule is Cc1c(NC(=S)NC(=O)c2cccc(COc3ccccc3)c2)cccc1C(=O)O. The summed E-state index contributed by atoms with van der Waals surface area (Å²) in [6.07, 6.45) is 0. The van der Waals surface area contributed by atoms with E-state index in [4.69, 9.17) is 17.0 Å². The van der Waals surface area contributed by atoms with Gasteiger partial charge in [0.2, 0.25) is 0 Å². The third-order valence-electron chi connectivity index (χ3n) is 4.38. The Bertz CT molecular complexity index is 1080. The Hall–Kier alpha value is -3.71. The van der Waals surface area contributed by atoms with Crippen LogP contribution in [0.15, 0.2) is 72.8 Å². The number of anilines is 1. The number of hydrogen-bond acceptors (Lipinski definition) is 4. The summed E-state index contributed by atoms with van der Waals surface area (Å²) < 4.78 is 5.71. The van der Waals surface area contributed by atoms with Gasteiger partial charge in [0.15, 0.2) is 5.11 Å². The predicted octanol–water partition coefficient (Wildman–Crippen LogP) is 4.40. The molecule has 0 radical (unpaired) electrons. The highest BCUT2D eigenvalue weighted by molar-refractivity contribution is 7.80. The molecule has 0 aliphatic carbocycles. The zero-order valence-electron chi connectivity index (χ0n) is 16.2.